The van der Waals surface area contributed by atoms with Crippen LogP contribution in [0.1, 0.15) is 30.9 Å². The van der Waals surface area contributed by atoms with Crippen molar-refractivity contribution in [2.45, 2.75) is 32.9 Å². The van der Waals surface area contributed by atoms with E-state index in [1.54, 1.807) is 6.20 Å². The van der Waals surface area contributed by atoms with Crippen molar-refractivity contribution in [1.29, 1.82) is 0 Å². The van der Waals surface area contributed by atoms with Crippen LogP contribution >= 0.6 is 0 Å². The molecule has 0 saturated carbocycles. The summed E-state index contributed by atoms with van der Waals surface area (Å²) >= 11 is 0. The largest absolute Gasteiger partial charge is 0.370 e. The lowest BCUT2D eigenvalue weighted by atomic mass is 10.00. The third kappa shape index (κ3) is 4.12. The van der Waals surface area contributed by atoms with Crippen molar-refractivity contribution in [3.05, 3.63) is 53.9 Å². The van der Waals surface area contributed by atoms with Gasteiger partial charge in [-0.05, 0) is 36.0 Å². The number of nitrogens with zero attached hydrogens (tertiary/aromatic N) is 4. The Morgan fingerprint density at radius 3 is 2.65 bits per heavy atom. The molecule has 1 fully saturated rings. The van der Waals surface area contributed by atoms with Crippen molar-refractivity contribution < 1.29 is 0 Å². The molecule has 0 bridgehead atoms. The molecule has 0 amide bonds. The highest BCUT2D eigenvalue weighted by Crippen LogP contribution is 2.16. The molecule has 3 rings (SSSR count). The van der Waals surface area contributed by atoms with E-state index in [1.165, 1.54) is 24.0 Å². The molecular weight excluding hydrogens is 286 g/mol. The van der Waals surface area contributed by atoms with Gasteiger partial charge in [0.15, 0.2) is 5.96 Å². The smallest absolute Gasteiger partial charge is 0.191 e. The van der Waals surface area contributed by atoms with Gasteiger partial charge < -0.3 is 10.6 Å². The maximum absolute atomic E-state index is 6.19. The lowest BCUT2D eigenvalue weighted by Gasteiger charge is -2.31. The summed E-state index contributed by atoms with van der Waals surface area (Å²) in [7, 11) is 0. The first-order chi connectivity index (χ1) is 11.2. The predicted octanol–water partition coefficient (Wildman–Crippen LogP) is 2.48. The second-order valence-corrected chi connectivity index (χ2v) is 6.32. The molecule has 5 nitrogen and oxygen atoms in total. The number of aromatic nitrogens is 2. The van der Waals surface area contributed by atoms with Crippen LogP contribution < -0.4 is 5.73 Å². The lowest BCUT2D eigenvalue weighted by Crippen LogP contribution is -2.42. The molecule has 1 saturated heterocycles. The van der Waals surface area contributed by atoms with Gasteiger partial charge in [-0.25, -0.2) is 4.99 Å². The van der Waals surface area contributed by atoms with Crippen LogP contribution in [0.3, 0.4) is 0 Å². The molecule has 122 valence electrons. The van der Waals surface area contributed by atoms with Crippen LogP contribution in [0.25, 0.3) is 0 Å². The molecule has 1 aromatic carbocycles. The predicted molar refractivity (Wildman–Crippen MR) is 93.1 cm³/mol. The molecule has 2 aromatic rings. The van der Waals surface area contributed by atoms with Crippen molar-refractivity contribution >= 4 is 5.96 Å². The maximum atomic E-state index is 6.19. The van der Waals surface area contributed by atoms with Crippen LogP contribution in [0.4, 0.5) is 0 Å². The Kier molecular flexibility index (Phi) is 4.95. The standard InChI is InChI=1S/C18H25N5/c1-15-7-11-22(12-8-15)18(19)20-13-16-5-2-3-6-17(16)14-23-10-4-9-21-23/h2-6,9-10,15H,7-8,11-14H2,1H3,(H2,19,20). The Morgan fingerprint density at radius 2 is 1.96 bits per heavy atom. The summed E-state index contributed by atoms with van der Waals surface area (Å²) < 4.78 is 1.93. The Hall–Kier alpha value is -2.30. The topological polar surface area (TPSA) is 59.4 Å². The summed E-state index contributed by atoms with van der Waals surface area (Å²) in [5.41, 5.74) is 8.63. The monoisotopic (exact) mass is 311 g/mol. The van der Waals surface area contributed by atoms with Gasteiger partial charge in [0.25, 0.3) is 0 Å². The minimum absolute atomic E-state index is 0.620. The summed E-state index contributed by atoms with van der Waals surface area (Å²) in [6, 6.07) is 10.3. The zero-order valence-corrected chi connectivity index (χ0v) is 13.7. The minimum atomic E-state index is 0.620. The first kappa shape index (κ1) is 15.6. The SMILES string of the molecule is CC1CCN(C(N)=NCc2ccccc2Cn2cccn2)CC1. The Balaban J connectivity index is 1.66. The second kappa shape index (κ2) is 7.31. The van der Waals surface area contributed by atoms with Gasteiger partial charge in [-0.15, -0.1) is 0 Å². The van der Waals surface area contributed by atoms with Crippen molar-refractivity contribution in [3.8, 4) is 0 Å². The van der Waals surface area contributed by atoms with E-state index in [1.807, 2.05) is 16.9 Å². The van der Waals surface area contributed by atoms with Crippen LogP contribution in [-0.2, 0) is 13.1 Å². The molecule has 1 aromatic heterocycles. The van der Waals surface area contributed by atoms with Crippen molar-refractivity contribution in [2.24, 2.45) is 16.6 Å². The summed E-state index contributed by atoms with van der Waals surface area (Å²) in [5, 5.41) is 4.28. The molecule has 1 aliphatic rings. The van der Waals surface area contributed by atoms with Gasteiger partial charge in [-0.2, -0.15) is 5.10 Å². The van der Waals surface area contributed by atoms with E-state index in [2.05, 4.69) is 46.2 Å². The molecule has 1 aliphatic heterocycles. The van der Waals surface area contributed by atoms with Gasteiger partial charge in [-0.1, -0.05) is 31.2 Å². The van der Waals surface area contributed by atoms with Crippen LogP contribution in [0, 0.1) is 5.92 Å². The zero-order chi connectivity index (χ0) is 16.1. The average molecular weight is 311 g/mol. The minimum Gasteiger partial charge on any atom is -0.370 e. The van der Waals surface area contributed by atoms with E-state index in [0.29, 0.717) is 12.5 Å². The van der Waals surface area contributed by atoms with Gasteiger partial charge >= 0.3 is 0 Å². The molecule has 23 heavy (non-hydrogen) atoms. The third-order valence-corrected chi connectivity index (χ3v) is 4.53. The highest BCUT2D eigenvalue weighted by Gasteiger charge is 2.16. The van der Waals surface area contributed by atoms with Crippen LogP contribution in [0.5, 0.6) is 0 Å². The fraction of sp³-hybridized carbons (Fsp3) is 0.444. The van der Waals surface area contributed by atoms with Gasteiger partial charge in [0.05, 0.1) is 13.1 Å². The fourth-order valence-corrected chi connectivity index (χ4v) is 2.94. The number of hydrogen-bond acceptors (Lipinski definition) is 2. The van der Waals surface area contributed by atoms with E-state index in [9.17, 15) is 0 Å². The molecule has 0 aliphatic carbocycles. The van der Waals surface area contributed by atoms with Crippen LogP contribution in [-0.4, -0.2) is 33.7 Å². The number of likely N-dealkylation sites (tertiary alicyclic amines) is 1. The van der Waals surface area contributed by atoms with Gasteiger partial charge in [0, 0.05) is 25.5 Å². The van der Waals surface area contributed by atoms with Crippen LogP contribution in [0.2, 0.25) is 0 Å². The Morgan fingerprint density at radius 1 is 1.22 bits per heavy atom. The third-order valence-electron chi connectivity index (χ3n) is 4.53. The molecule has 0 unspecified atom stereocenters. The number of hydrogen-bond donors (Lipinski definition) is 1. The van der Waals surface area contributed by atoms with Crippen molar-refractivity contribution in [2.75, 3.05) is 13.1 Å². The molecule has 5 heteroatoms. The number of piperidine rings is 1. The Labute approximate surface area is 137 Å². The summed E-state index contributed by atoms with van der Waals surface area (Å²) in [6.07, 6.45) is 6.18. The lowest BCUT2D eigenvalue weighted by molar-refractivity contribution is 0.277. The van der Waals surface area contributed by atoms with Crippen molar-refractivity contribution in [1.82, 2.24) is 14.7 Å². The first-order valence-electron chi connectivity index (χ1n) is 8.31. The van der Waals surface area contributed by atoms with E-state index in [-0.39, 0.29) is 0 Å². The number of aliphatic imine (C=N–C) groups is 1. The van der Waals surface area contributed by atoms with Gasteiger partial charge in [0.1, 0.15) is 0 Å². The number of nitrogens with two attached hydrogens (primary N) is 1. The highest BCUT2D eigenvalue weighted by atomic mass is 15.3. The van der Waals surface area contributed by atoms with E-state index in [4.69, 9.17) is 5.73 Å². The van der Waals surface area contributed by atoms with Crippen molar-refractivity contribution in [3.63, 3.8) is 0 Å². The van der Waals surface area contributed by atoms with Crippen LogP contribution in [0.15, 0.2) is 47.7 Å². The van der Waals surface area contributed by atoms with Gasteiger partial charge in [-0.3, -0.25) is 4.68 Å². The number of rotatable bonds is 4. The summed E-state index contributed by atoms with van der Waals surface area (Å²) in [6.45, 7) is 5.72. The molecule has 0 spiro atoms. The number of benzene rings is 1. The van der Waals surface area contributed by atoms with E-state index >= 15 is 0 Å². The van der Waals surface area contributed by atoms with E-state index in [0.717, 1.165) is 25.6 Å². The molecular formula is C18H25N5. The summed E-state index contributed by atoms with van der Waals surface area (Å²) in [5.74, 6) is 1.47. The van der Waals surface area contributed by atoms with Gasteiger partial charge in [0.2, 0.25) is 0 Å². The normalized spacial score (nSPS) is 16.7. The zero-order valence-electron chi connectivity index (χ0n) is 13.7. The second-order valence-electron chi connectivity index (χ2n) is 6.32. The first-order valence-corrected chi connectivity index (χ1v) is 8.31. The average Bonchev–Trinajstić information content (AvgIpc) is 3.07. The quantitative estimate of drug-likeness (QED) is 0.697. The fourth-order valence-electron chi connectivity index (χ4n) is 2.94. The Bertz CT molecular complexity index is 639. The molecule has 2 heterocycles. The highest BCUT2D eigenvalue weighted by molar-refractivity contribution is 5.78. The number of guanidine groups is 1. The molecule has 0 radical (unpaired) electrons. The van der Waals surface area contributed by atoms with E-state index < -0.39 is 0 Å². The molecule has 0 atom stereocenters. The summed E-state index contributed by atoms with van der Waals surface area (Å²) in [4.78, 5) is 6.83. The maximum Gasteiger partial charge on any atom is 0.191 e. The molecule has 2 N–H and O–H groups in total.